The minimum atomic E-state index is -2.81. The zero-order valence-electron chi connectivity index (χ0n) is 12.3. The normalized spacial score (nSPS) is 21.7. The van der Waals surface area contributed by atoms with Crippen LogP contribution in [0.3, 0.4) is 0 Å². The molecule has 1 atom stereocenters. The van der Waals surface area contributed by atoms with Crippen molar-refractivity contribution in [2.45, 2.75) is 18.0 Å². The van der Waals surface area contributed by atoms with Crippen LogP contribution in [-0.4, -0.2) is 61.1 Å². The highest BCUT2D eigenvalue weighted by Gasteiger charge is 2.29. The van der Waals surface area contributed by atoms with Crippen molar-refractivity contribution in [1.29, 1.82) is 0 Å². The van der Waals surface area contributed by atoms with E-state index < -0.39 is 9.84 Å². The van der Waals surface area contributed by atoms with Crippen LogP contribution in [0.5, 0.6) is 0 Å². The Hall–Kier alpha value is -0.600. The minimum absolute atomic E-state index is 0.201. The third-order valence-electron chi connectivity index (χ3n) is 3.56. The molecule has 2 rings (SSSR count). The van der Waals surface area contributed by atoms with E-state index >= 15 is 0 Å². The van der Waals surface area contributed by atoms with E-state index in [1.54, 1.807) is 11.8 Å². The molecular weight excluding hydrogens is 296 g/mol. The van der Waals surface area contributed by atoms with Crippen molar-refractivity contribution in [3.05, 3.63) is 5.82 Å². The Bertz CT molecular complexity index is 554. The molecule has 1 aliphatic heterocycles. The van der Waals surface area contributed by atoms with Crippen molar-refractivity contribution in [1.82, 2.24) is 14.8 Å². The van der Waals surface area contributed by atoms with Crippen LogP contribution >= 0.6 is 11.8 Å². The van der Waals surface area contributed by atoms with E-state index in [4.69, 9.17) is 0 Å². The Balaban J connectivity index is 1.92. The summed E-state index contributed by atoms with van der Waals surface area (Å²) in [4.78, 5) is 1.41. The van der Waals surface area contributed by atoms with E-state index in [0.29, 0.717) is 17.9 Å². The van der Waals surface area contributed by atoms with Crippen LogP contribution in [0.1, 0.15) is 12.2 Å². The number of quaternary nitrogens is 1. The van der Waals surface area contributed by atoms with Crippen molar-refractivity contribution in [2.24, 2.45) is 13.0 Å². The molecule has 1 aliphatic rings. The van der Waals surface area contributed by atoms with Gasteiger partial charge in [-0.05, 0) is 12.3 Å². The Morgan fingerprint density at radius 2 is 2.15 bits per heavy atom. The van der Waals surface area contributed by atoms with Gasteiger partial charge in [-0.2, -0.15) is 0 Å². The van der Waals surface area contributed by atoms with Gasteiger partial charge >= 0.3 is 0 Å². The molecule has 0 amide bonds. The standard InChI is InChI=1S/C12H22N4O2S2/c1-15(2)5-6-19-12-14-13-11(16(12)3)8-10-4-7-20(17,18)9-10/h10H,4-9H2,1-3H3/p+1/t10-/m0/s1. The van der Waals surface area contributed by atoms with Gasteiger partial charge in [-0.3, -0.25) is 0 Å². The molecular formula is C12H23N4O2S2+. The first-order valence-electron chi connectivity index (χ1n) is 6.88. The lowest BCUT2D eigenvalue weighted by Crippen LogP contribution is -3.06. The van der Waals surface area contributed by atoms with E-state index in [0.717, 1.165) is 29.7 Å². The second kappa shape index (κ2) is 6.44. The molecule has 0 spiro atoms. The summed E-state index contributed by atoms with van der Waals surface area (Å²) in [5, 5.41) is 9.34. The van der Waals surface area contributed by atoms with Crippen molar-refractivity contribution in [3.63, 3.8) is 0 Å². The number of hydrogen-bond acceptors (Lipinski definition) is 5. The average Bonchev–Trinajstić information content (AvgIpc) is 2.85. The molecule has 1 saturated heterocycles. The molecule has 0 radical (unpaired) electrons. The highest BCUT2D eigenvalue weighted by Crippen LogP contribution is 2.23. The van der Waals surface area contributed by atoms with Gasteiger partial charge < -0.3 is 9.47 Å². The van der Waals surface area contributed by atoms with Gasteiger partial charge in [-0.1, -0.05) is 11.8 Å². The van der Waals surface area contributed by atoms with Gasteiger partial charge in [0.25, 0.3) is 0 Å². The maximum Gasteiger partial charge on any atom is 0.191 e. The van der Waals surface area contributed by atoms with Gasteiger partial charge in [-0.15, -0.1) is 10.2 Å². The minimum Gasteiger partial charge on any atom is -0.339 e. The second-order valence-electron chi connectivity index (χ2n) is 5.74. The predicted molar refractivity (Wildman–Crippen MR) is 79.9 cm³/mol. The van der Waals surface area contributed by atoms with Gasteiger partial charge in [0.2, 0.25) is 0 Å². The van der Waals surface area contributed by atoms with Crippen LogP contribution in [0.2, 0.25) is 0 Å². The van der Waals surface area contributed by atoms with Crippen molar-refractivity contribution >= 4 is 21.6 Å². The third kappa shape index (κ3) is 4.20. The SMILES string of the molecule is Cn1c(C[C@@H]2CCS(=O)(=O)C2)nnc1SCC[NH+](C)C. The summed E-state index contributed by atoms with van der Waals surface area (Å²) in [5.74, 6) is 2.72. The molecule has 1 fully saturated rings. The van der Waals surface area contributed by atoms with Crippen molar-refractivity contribution in [2.75, 3.05) is 37.9 Å². The molecule has 8 heteroatoms. The summed E-state index contributed by atoms with van der Waals surface area (Å²) in [7, 11) is 3.41. The molecule has 20 heavy (non-hydrogen) atoms. The monoisotopic (exact) mass is 319 g/mol. The van der Waals surface area contributed by atoms with Gasteiger partial charge in [0, 0.05) is 13.5 Å². The van der Waals surface area contributed by atoms with Crippen LogP contribution < -0.4 is 4.90 Å². The molecule has 0 saturated carbocycles. The maximum absolute atomic E-state index is 11.5. The topological polar surface area (TPSA) is 69.3 Å². The van der Waals surface area contributed by atoms with Gasteiger partial charge in [0.15, 0.2) is 15.0 Å². The summed E-state index contributed by atoms with van der Waals surface area (Å²) < 4.78 is 25.0. The first kappa shape index (κ1) is 15.8. The molecule has 0 aromatic carbocycles. The zero-order chi connectivity index (χ0) is 14.8. The summed E-state index contributed by atoms with van der Waals surface area (Å²) in [6, 6.07) is 0. The molecule has 114 valence electrons. The van der Waals surface area contributed by atoms with Crippen LogP contribution in [-0.2, 0) is 23.3 Å². The zero-order valence-corrected chi connectivity index (χ0v) is 13.9. The Morgan fingerprint density at radius 1 is 1.40 bits per heavy atom. The highest BCUT2D eigenvalue weighted by atomic mass is 32.2. The van der Waals surface area contributed by atoms with Gasteiger partial charge in [0.1, 0.15) is 5.82 Å². The first-order valence-corrected chi connectivity index (χ1v) is 9.68. The van der Waals surface area contributed by atoms with E-state index in [2.05, 4.69) is 24.3 Å². The number of nitrogens with one attached hydrogen (secondary N) is 1. The smallest absolute Gasteiger partial charge is 0.191 e. The van der Waals surface area contributed by atoms with Crippen LogP contribution in [0.15, 0.2) is 5.16 Å². The number of sulfone groups is 1. The fourth-order valence-electron chi connectivity index (χ4n) is 2.29. The van der Waals surface area contributed by atoms with Crippen LogP contribution in [0.25, 0.3) is 0 Å². The first-order chi connectivity index (χ1) is 9.37. The van der Waals surface area contributed by atoms with E-state index in [1.165, 1.54) is 4.90 Å². The molecule has 6 nitrogen and oxygen atoms in total. The molecule has 1 aromatic heterocycles. The number of nitrogens with zero attached hydrogens (tertiary/aromatic N) is 3. The molecule has 0 unspecified atom stereocenters. The quantitative estimate of drug-likeness (QED) is 0.683. The third-order valence-corrected chi connectivity index (χ3v) is 6.42. The average molecular weight is 319 g/mol. The van der Waals surface area contributed by atoms with E-state index in [-0.39, 0.29) is 5.92 Å². The van der Waals surface area contributed by atoms with E-state index in [9.17, 15) is 8.42 Å². The molecule has 1 N–H and O–H groups in total. The molecule has 1 aromatic rings. The summed E-state index contributed by atoms with van der Waals surface area (Å²) in [6.45, 7) is 1.08. The fourth-order valence-corrected chi connectivity index (χ4v) is 5.24. The summed E-state index contributed by atoms with van der Waals surface area (Å²) in [5.41, 5.74) is 0. The number of thioether (sulfide) groups is 1. The number of aromatic nitrogens is 3. The van der Waals surface area contributed by atoms with Crippen molar-refractivity contribution < 1.29 is 13.3 Å². The van der Waals surface area contributed by atoms with Crippen LogP contribution in [0, 0.1) is 5.92 Å². The number of hydrogen-bond donors (Lipinski definition) is 1. The number of rotatable bonds is 6. The predicted octanol–water partition coefficient (Wildman–Crippen LogP) is -0.971. The summed E-state index contributed by atoms with van der Waals surface area (Å²) >= 11 is 1.70. The summed E-state index contributed by atoms with van der Waals surface area (Å²) in [6.07, 6.45) is 1.46. The molecule has 0 aliphatic carbocycles. The molecule has 2 heterocycles. The Kier molecular flexibility index (Phi) is 5.09. The lowest BCUT2D eigenvalue weighted by atomic mass is 10.1. The van der Waals surface area contributed by atoms with Crippen LogP contribution in [0.4, 0.5) is 0 Å². The van der Waals surface area contributed by atoms with E-state index in [1.807, 2.05) is 11.6 Å². The van der Waals surface area contributed by atoms with Gasteiger partial charge in [-0.25, -0.2) is 8.42 Å². The Labute approximate surface area is 124 Å². The highest BCUT2D eigenvalue weighted by molar-refractivity contribution is 7.99. The fraction of sp³-hybridized carbons (Fsp3) is 0.833. The lowest BCUT2D eigenvalue weighted by molar-refractivity contribution is -0.855. The van der Waals surface area contributed by atoms with Crippen molar-refractivity contribution in [3.8, 4) is 0 Å². The lowest BCUT2D eigenvalue weighted by Gasteiger charge is -2.08. The van der Waals surface area contributed by atoms with Gasteiger partial charge in [0.05, 0.1) is 37.9 Å². The largest absolute Gasteiger partial charge is 0.339 e. The second-order valence-corrected chi connectivity index (χ2v) is 9.03. The Morgan fingerprint density at radius 3 is 2.75 bits per heavy atom. The maximum atomic E-state index is 11.5. The molecule has 0 bridgehead atoms.